The van der Waals surface area contributed by atoms with Gasteiger partial charge in [0.2, 0.25) is 5.91 Å². The molecule has 1 atom stereocenters. The van der Waals surface area contributed by atoms with Crippen molar-refractivity contribution >= 4 is 16.9 Å². The van der Waals surface area contributed by atoms with Gasteiger partial charge >= 0.3 is 0 Å². The zero-order valence-corrected chi connectivity index (χ0v) is 11.4. The maximum Gasteiger partial charge on any atom is 0.229 e. The minimum atomic E-state index is 0.0965. The predicted molar refractivity (Wildman–Crippen MR) is 76.1 cm³/mol. The van der Waals surface area contributed by atoms with E-state index in [-0.39, 0.29) is 18.4 Å². The number of hydrogen-bond acceptors (Lipinski definition) is 4. The molecular formula is C15H19N3O2. The van der Waals surface area contributed by atoms with Crippen LogP contribution in [-0.2, 0) is 11.2 Å². The summed E-state index contributed by atoms with van der Waals surface area (Å²) in [4.78, 5) is 14.4. The molecule has 5 nitrogen and oxygen atoms in total. The van der Waals surface area contributed by atoms with Gasteiger partial charge < -0.3 is 15.2 Å². The van der Waals surface area contributed by atoms with Crippen molar-refractivity contribution < 1.29 is 9.32 Å². The van der Waals surface area contributed by atoms with E-state index in [1.807, 2.05) is 29.2 Å². The van der Waals surface area contributed by atoms with Gasteiger partial charge in [-0.05, 0) is 31.4 Å². The van der Waals surface area contributed by atoms with E-state index < -0.39 is 0 Å². The average Bonchev–Trinajstić information content (AvgIpc) is 2.90. The number of nitrogens with two attached hydrogens (primary N) is 1. The van der Waals surface area contributed by atoms with Gasteiger partial charge in [0.05, 0.1) is 6.42 Å². The Bertz CT molecular complexity index is 608. The minimum Gasteiger partial charge on any atom is -0.356 e. The number of carbonyl (C=O) groups excluding carboxylic acids is 1. The third-order valence-corrected chi connectivity index (χ3v) is 3.99. The Morgan fingerprint density at radius 2 is 2.25 bits per heavy atom. The van der Waals surface area contributed by atoms with Crippen LogP contribution in [0.5, 0.6) is 0 Å². The number of aromatic nitrogens is 1. The molecule has 1 aliphatic rings. The topological polar surface area (TPSA) is 72.4 Å². The van der Waals surface area contributed by atoms with E-state index in [4.69, 9.17) is 10.3 Å². The maximum absolute atomic E-state index is 12.5. The minimum absolute atomic E-state index is 0.0965. The summed E-state index contributed by atoms with van der Waals surface area (Å²) in [5, 5.41) is 4.95. The highest BCUT2D eigenvalue weighted by molar-refractivity contribution is 5.86. The van der Waals surface area contributed by atoms with E-state index in [1.54, 1.807) is 0 Å². The highest BCUT2D eigenvalue weighted by Crippen LogP contribution is 2.21. The van der Waals surface area contributed by atoms with Crippen LogP contribution in [0, 0.1) is 0 Å². The molecule has 1 fully saturated rings. The first-order valence-corrected chi connectivity index (χ1v) is 7.12. The number of carbonyl (C=O) groups is 1. The number of likely N-dealkylation sites (tertiary alicyclic amines) is 1. The molecule has 1 unspecified atom stereocenters. The molecule has 1 aromatic carbocycles. The van der Waals surface area contributed by atoms with Gasteiger partial charge in [-0.25, -0.2) is 0 Å². The number of benzene rings is 1. The van der Waals surface area contributed by atoms with Crippen LogP contribution < -0.4 is 5.73 Å². The fraction of sp³-hybridized carbons (Fsp3) is 0.467. The monoisotopic (exact) mass is 273 g/mol. The summed E-state index contributed by atoms with van der Waals surface area (Å²) in [6.07, 6.45) is 3.50. The normalized spacial score (nSPS) is 19.4. The Hall–Kier alpha value is -1.88. The van der Waals surface area contributed by atoms with Crippen molar-refractivity contribution in [1.82, 2.24) is 10.1 Å². The lowest BCUT2D eigenvalue weighted by Gasteiger charge is -2.35. The number of amides is 1. The van der Waals surface area contributed by atoms with Crippen LogP contribution >= 0.6 is 0 Å². The second-order valence-electron chi connectivity index (χ2n) is 5.27. The first-order valence-electron chi connectivity index (χ1n) is 7.12. The molecule has 2 aromatic rings. The Morgan fingerprint density at radius 1 is 1.40 bits per heavy atom. The van der Waals surface area contributed by atoms with Crippen molar-refractivity contribution in [3.8, 4) is 0 Å². The van der Waals surface area contributed by atoms with Gasteiger partial charge in [-0.2, -0.15) is 0 Å². The third kappa shape index (κ3) is 2.41. The quantitative estimate of drug-likeness (QED) is 0.924. The second-order valence-corrected chi connectivity index (χ2v) is 5.27. The van der Waals surface area contributed by atoms with Gasteiger partial charge in [-0.3, -0.25) is 4.79 Å². The Labute approximate surface area is 117 Å². The van der Waals surface area contributed by atoms with Gasteiger partial charge in [-0.15, -0.1) is 0 Å². The summed E-state index contributed by atoms with van der Waals surface area (Å²) in [7, 11) is 0. The van der Waals surface area contributed by atoms with Crippen molar-refractivity contribution in [3.63, 3.8) is 0 Å². The fourth-order valence-corrected chi connectivity index (χ4v) is 2.88. The first-order chi connectivity index (χ1) is 9.79. The number of fused-ring (bicyclic) bond motifs is 1. The maximum atomic E-state index is 12.5. The zero-order valence-electron chi connectivity index (χ0n) is 11.4. The molecule has 106 valence electrons. The van der Waals surface area contributed by atoms with E-state index in [0.717, 1.165) is 36.8 Å². The zero-order chi connectivity index (χ0) is 13.9. The summed E-state index contributed by atoms with van der Waals surface area (Å²) in [5.41, 5.74) is 7.21. The molecule has 5 heteroatoms. The van der Waals surface area contributed by atoms with Gasteiger partial charge in [-0.1, -0.05) is 17.3 Å². The molecule has 0 radical (unpaired) electrons. The highest BCUT2D eigenvalue weighted by Gasteiger charge is 2.26. The van der Waals surface area contributed by atoms with E-state index in [9.17, 15) is 4.79 Å². The van der Waals surface area contributed by atoms with Crippen LogP contribution in [0.25, 0.3) is 11.0 Å². The average molecular weight is 273 g/mol. The summed E-state index contributed by atoms with van der Waals surface area (Å²) in [5.74, 6) is 0.0965. The lowest BCUT2D eigenvalue weighted by molar-refractivity contribution is -0.133. The number of hydrogen-bond donors (Lipinski definition) is 1. The van der Waals surface area contributed by atoms with E-state index >= 15 is 0 Å². The van der Waals surface area contributed by atoms with E-state index in [0.29, 0.717) is 12.2 Å². The van der Waals surface area contributed by atoms with Crippen LogP contribution in [0.3, 0.4) is 0 Å². The van der Waals surface area contributed by atoms with Crippen molar-refractivity contribution in [1.29, 1.82) is 0 Å². The number of piperidine rings is 1. The molecule has 0 saturated carbocycles. The van der Waals surface area contributed by atoms with Crippen LogP contribution in [0.2, 0.25) is 0 Å². The van der Waals surface area contributed by atoms with Crippen molar-refractivity contribution in [2.75, 3.05) is 13.1 Å². The lowest BCUT2D eigenvalue weighted by atomic mass is 10.0. The van der Waals surface area contributed by atoms with Gasteiger partial charge in [0, 0.05) is 24.5 Å². The molecule has 1 aromatic heterocycles. The highest BCUT2D eigenvalue weighted by atomic mass is 16.5. The molecule has 1 amide bonds. The number of para-hydroxylation sites is 1. The Balaban J connectivity index is 1.78. The smallest absolute Gasteiger partial charge is 0.229 e. The Kier molecular flexibility index (Phi) is 3.69. The third-order valence-electron chi connectivity index (χ3n) is 3.99. The Morgan fingerprint density at radius 3 is 3.10 bits per heavy atom. The molecule has 2 N–H and O–H groups in total. The predicted octanol–water partition coefficient (Wildman–Crippen LogP) is 1.71. The standard InChI is InChI=1S/C15H19N3O2/c16-10-11-5-3-4-8-18(11)15(19)9-13-12-6-1-2-7-14(12)20-17-13/h1-2,6-7,11H,3-5,8-10,16H2. The fourth-order valence-electron chi connectivity index (χ4n) is 2.88. The van der Waals surface area contributed by atoms with E-state index in [1.165, 1.54) is 0 Å². The molecule has 3 rings (SSSR count). The first kappa shape index (κ1) is 13.1. The van der Waals surface area contributed by atoms with Crippen molar-refractivity contribution in [3.05, 3.63) is 30.0 Å². The largest absolute Gasteiger partial charge is 0.356 e. The van der Waals surface area contributed by atoms with Crippen molar-refractivity contribution in [2.24, 2.45) is 5.73 Å². The molecular weight excluding hydrogens is 254 g/mol. The molecule has 0 bridgehead atoms. The van der Waals surface area contributed by atoms with Crippen molar-refractivity contribution in [2.45, 2.75) is 31.7 Å². The lowest BCUT2D eigenvalue weighted by Crippen LogP contribution is -2.48. The number of nitrogens with zero attached hydrogens (tertiary/aromatic N) is 2. The molecule has 20 heavy (non-hydrogen) atoms. The molecule has 1 saturated heterocycles. The SMILES string of the molecule is NCC1CCCCN1C(=O)Cc1noc2ccccc12. The van der Waals surface area contributed by atoms with Gasteiger partial charge in [0.15, 0.2) is 5.58 Å². The molecule has 1 aliphatic heterocycles. The number of rotatable bonds is 3. The van der Waals surface area contributed by atoms with Crippen LogP contribution in [0.1, 0.15) is 25.0 Å². The van der Waals surface area contributed by atoms with Crippen LogP contribution in [-0.4, -0.2) is 35.1 Å². The second kappa shape index (κ2) is 5.63. The summed E-state index contributed by atoms with van der Waals surface area (Å²) in [6.45, 7) is 1.34. The summed E-state index contributed by atoms with van der Waals surface area (Å²) < 4.78 is 5.24. The van der Waals surface area contributed by atoms with Crippen LogP contribution in [0.4, 0.5) is 0 Å². The molecule has 0 aliphatic carbocycles. The van der Waals surface area contributed by atoms with Gasteiger partial charge in [0.1, 0.15) is 5.69 Å². The molecule has 2 heterocycles. The van der Waals surface area contributed by atoms with Gasteiger partial charge in [0.25, 0.3) is 0 Å². The van der Waals surface area contributed by atoms with Crippen LogP contribution in [0.15, 0.2) is 28.8 Å². The summed E-state index contributed by atoms with van der Waals surface area (Å²) >= 11 is 0. The summed E-state index contributed by atoms with van der Waals surface area (Å²) in [6, 6.07) is 7.80. The van der Waals surface area contributed by atoms with E-state index in [2.05, 4.69) is 5.16 Å². The molecule has 0 spiro atoms.